The van der Waals surface area contributed by atoms with E-state index in [0.29, 0.717) is 70.4 Å². The first-order chi connectivity index (χ1) is 64.4. The number of aromatic amines is 2. The molecule has 42 nitrogen and oxygen atoms in total. The van der Waals surface area contributed by atoms with E-state index in [9.17, 15) is 53.4 Å². The highest BCUT2D eigenvalue weighted by Crippen LogP contribution is 2.30. The summed E-state index contributed by atoms with van der Waals surface area (Å²) >= 11 is 1.98. The van der Waals surface area contributed by atoms with E-state index in [0.717, 1.165) is 36.1 Å². The lowest BCUT2D eigenvalue weighted by Gasteiger charge is -2.36. The van der Waals surface area contributed by atoms with Crippen molar-refractivity contribution < 1.29 is 91.7 Å². The zero-order valence-corrected chi connectivity index (χ0v) is 78.9. The van der Waals surface area contributed by atoms with Crippen LogP contribution in [0.25, 0.3) is 21.1 Å². The highest BCUT2D eigenvalue weighted by Gasteiger charge is 2.46. The van der Waals surface area contributed by atoms with Gasteiger partial charge in [0.25, 0.3) is 0 Å². The van der Waals surface area contributed by atoms with Crippen molar-refractivity contribution in [2.24, 2.45) is 29.0 Å². The second-order valence-corrected chi connectivity index (χ2v) is 36.9. The summed E-state index contributed by atoms with van der Waals surface area (Å²) in [6, 6.07) is 0.454. The number of thiazole rings is 1. The van der Waals surface area contributed by atoms with Gasteiger partial charge in [-0.2, -0.15) is 0 Å². The van der Waals surface area contributed by atoms with Crippen molar-refractivity contribution >= 4 is 150 Å². The Morgan fingerprint density at radius 2 is 1.19 bits per heavy atom. The monoisotopic (exact) mass is 1910 g/mol. The van der Waals surface area contributed by atoms with Crippen LogP contribution in [0, 0.1) is 17.2 Å². The Morgan fingerprint density at radius 3 is 1.84 bits per heavy atom. The van der Waals surface area contributed by atoms with Gasteiger partial charge in [-0.3, -0.25) is 86.9 Å². The van der Waals surface area contributed by atoms with Gasteiger partial charge in [-0.05, 0) is 119 Å². The number of phenols is 1. The second kappa shape index (κ2) is 50.8. The molecule has 2 unspecified atom stereocenters. The summed E-state index contributed by atoms with van der Waals surface area (Å²) in [4.78, 5) is 271. The molecule has 44 heteroatoms. The number of amides is 16. The van der Waals surface area contributed by atoms with Crippen LogP contribution < -0.4 is 70.4 Å². The third kappa shape index (κ3) is 29.9. The molecular formula is C91H127N23O19S2. The number of fused-ring (bicyclic) bond motifs is 4. The average Bonchev–Trinajstić information content (AvgIpc) is 1.71. The number of nitrogens with zero attached hydrogens (tertiary/aromatic N) is 7. The van der Waals surface area contributed by atoms with E-state index in [1.54, 1.807) is 50.4 Å². The summed E-state index contributed by atoms with van der Waals surface area (Å²) in [7, 11) is 3.93. The van der Waals surface area contributed by atoms with Gasteiger partial charge in [0.05, 0.1) is 52.9 Å². The van der Waals surface area contributed by atoms with Crippen molar-refractivity contribution in [3.63, 3.8) is 0 Å². The first kappa shape index (κ1) is 106. The average molecular weight is 1910 g/mol. The molecule has 135 heavy (non-hydrogen) atoms. The Bertz CT molecular complexity index is 5180. The molecule has 3 aromatic heterocycles. The van der Waals surface area contributed by atoms with Crippen LogP contribution in [0.3, 0.4) is 0 Å². The lowest BCUT2D eigenvalue weighted by atomic mass is 9.90. The van der Waals surface area contributed by atoms with Gasteiger partial charge < -0.3 is 115 Å². The fraction of sp³-hybridized carbons (Fsp3) is 0.538. The Labute approximate surface area is 789 Å². The van der Waals surface area contributed by atoms with Crippen molar-refractivity contribution in [3.05, 3.63) is 113 Å². The number of unbranched alkanes of at least 4 members (excludes halogenated alkanes) is 2. The number of ketones is 1. The largest absolute Gasteiger partial charge is 0.508 e. The quantitative estimate of drug-likeness (QED) is 0.0182. The Morgan fingerprint density at radius 1 is 0.585 bits per heavy atom. The molecule has 6 heterocycles. The van der Waals surface area contributed by atoms with Crippen LogP contribution in [0.4, 0.5) is 0 Å². The minimum absolute atomic E-state index is 0.00281. The number of nitrogens with two attached hydrogens (primary N) is 3. The van der Waals surface area contributed by atoms with Crippen molar-refractivity contribution in [1.82, 2.24) is 97.6 Å². The fourth-order valence-electron chi connectivity index (χ4n) is 16.7. The highest BCUT2D eigenvalue weighted by molar-refractivity contribution is 8.00. The summed E-state index contributed by atoms with van der Waals surface area (Å²) in [6.07, 6.45) is 4.28. The van der Waals surface area contributed by atoms with Crippen LogP contribution in [0.1, 0.15) is 153 Å². The number of likely N-dealkylation sites (N-methyl/N-ethyl adjacent to an activating group) is 3. The number of guanidine groups is 1. The highest BCUT2D eigenvalue weighted by atomic mass is 32.2. The molecule has 3 aliphatic rings. The number of aliphatic hydroxyl groups is 1. The number of Topliss-reactive ketones (excluding diaryl/α,β-unsaturated/α-hetero) is 1. The van der Waals surface area contributed by atoms with Gasteiger partial charge in [-0.15, -0.1) is 23.1 Å². The lowest BCUT2D eigenvalue weighted by Crippen LogP contribution is -2.61. The number of H-pyrrole nitrogens is 2. The molecule has 3 fully saturated rings. The number of benzene rings is 3. The number of para-hydroxylation sites is 2. The Kier molecular flexibility index (Phi) is 39.7. The van der Waals surface area contributed by atoms with E-state index in [1.165, 1.54) is 81.1 Å². The maximum atomic E-state index is 15.7. The first-order valence-electron chi connectivity index (χ1n) is 45.5. The molecule has 0 radical (unpaired) electrons. The molecular weight excluding hydrogens is 1780 g/mol. The number of aliphatic hydroxyl groups excluding tert-OH is 1. The number of carbonyl (C=O) groups excluding carboxylic acids is 17. The van der Waals surface area contributed by atoms with Gasteiger partial charge >= 0.3 is 0 Å². The first-order valence-corrected chi connectivity index (χ1v) is 47.5. The number of phenolic OH excluding ortho intramolecular Hbond substituents is 1. The number of hydrogen-bond acceptors (Lipinski definition) is 24. The minimum Gasteiger partial charge on any atom is -0.508 e. The van der Waals surface area contributed by atoms with Crippen molar-refractivity contribution in [2.45, 2.75) is 235 Å². The summed E-state index contributed by atoms with van der Waals surface area (Å²) in [5.41, 5.74) is 19.4. The van der Waals surface area contributed by atoms with Crippen LogP contribution in [-0.2, 0) is 107 Å². The summed E-state index contributed by atoms with van der Waals surface area (Å²) in [6.45, 7) is 6.74. The number of rotatable bonds is 26. The topological polar surface area (TPSA) is 626 Å². The molecule has 0 spiro atoms. The van der Waals surface area contributed by atoms with Crippen molar-refractivity contribution in [1.29, 1.82) is 5.41 Å². The van der Waals surface area contributed by atoms with Crippen molar-refractivity contribution in [3.8, 4) is 5.75 Å². The predicted octanol–water partition coefficient (Wildman–Crippen LogP) is -0.681. The fourth-order valence-corrected chi connectivity index (χ4v) is 18.6. The molecule has 21 N–H and O–H groups in total. The molecule has 3 aromatic carbocycles. The number of imidazole rings is 1. The Hall–Kier alpha value is -13.1. The molecule has 0 bridgehead atoms. The molecule has 9 rings (SSSR count). The van der Waals surface area contributed by atoms with Crippen LogP contribution >= 0.6 is 23.1 Å². The summed E-state index contributed by atoms with van der Waals surface area (Å²) < 4.78 is 0.721. The van der Waals surface area contributed by atoms with Gasteiger partial charge in [-0.25, -0.2) is 9.97 Å². The summed E-state index contributed by atoms with van der Waals surface area (Å²) in [5.74, 6) is -18.2. The van der Waals surface area contributed by atoms with E-state index < -0.39 is 228 Å². The molecule has 14 atom stereocenters. The van der Waals surface area contributed by atoms with Gasteiger partial charge in [0.15, 0.2) is 11.7 Å². The molecule has 6 aromatic rings. The lowest BCUT2D eigenvalue weighted by molar-refractivity contribution is -0.149. The number of thioether (sulfide) groups is 1. The van der Waals surface area contributed by atoms with Crippen LogP contribution in [-0.4, -0.2) is 305 Å². The van der Waals surface area contributed by atoms with Gasteiger partial charge in [0, 0.05) is 107 Å². The molecule has 0 aliphatic carbocycles. The SMILES string of the molecule is CCCC[C@H]1C(=O)N(C)[C@@H](CCCC)C(=O)N[C@@H](CCCNC(=N)N)C(=O)NC(C(=O)NCC(N)=O)CSCC(=O)N[C@@H](Cc2ccc(O)cc2)C(=O)N(C)C(C)C(=O)N[C@@H](CC(N)=O)C(=O)N2CCC[C@H]2C(=O)N[C@@H](Cc2cnc[nH]2)C(=O)N[C@@H](CC(C)C)C(=O)N2CCC[C@H]2C(=O)C[C@@H](Cc2c[nH]c3ccccc23)C(=O)N[C@@H](CO)C(=O)N[C@@H](Cc2nc3ccccc3s2)C(=O)N1C. The summed E-state index contributed by atoms with van der Waals surface area (Å²) in [5, 5.41) is 57.0. The maximum Gasteiger partial charge on any atom is 0.246 e. The number of nitrogens with one attached hydrogen (secondary N) is 13. The third-order valence-corrected chi connectivity index (χ3v) is 26.3. The molecule has 0 saturated carbocycles. The third-order valence-electron chi connectivity index (χ3n) is 24.2. The zero-order valence-electron chi connectivity index (χ0n) is 77.2. The molecule has 3 saturated heterocycles. The van der Waals surface area contributed by atoms with Crippen molar-refractivity contribution in [2.75, 3.05) is 65.4 Å². The maximum absolute atomic E-state index is 15.7. The van der Waals surface area contributed by atoms with Gasteiger partial charge in [0.1, 0.15) is 78.3 Å². The Balaban J connectivity index is 1.09. The number of aromatic nitrogens is 4. The molecule has 3 aliphatic heterocycles. The standard InChI is InChI=1S/C91H127N23O19S2/c1-9-11-24-69-84(127)103-60(23-17-33-97-91(94)95)81(124)109-67(80(123)99-45-75(93)119)47-134-48-76(120)101-63(37-52-29-31-56(116)32-30-52)86(129)110(6)51(5)78(121)105-64(41-74(92)118)89(132)114-35-19-27-70(114)85(128)104-61(40-55-44-96-49-100-55)82(125)106-62(36-50(3)4)88(131)113-34-18-26-68(113)72(117)39-53(38-54-43-98-58-21-14-13-20-57(54)58)79(122)108-66(46-115)83(126)107-65(42-77-102-59-22-15-16-28-73(59)135-77)87(130)112(8)71(25-12-10-2)90(133)111(69)7/h13-16,20-22,28-32,43-44,49-51,53,60-71,98,115-116H,9-12,17-19,23-27,33-42,45-48H2,1-8H3,(H2,92,118)(H2,93,119)(H,96,100)(H,99,123)(H,101,120)(H,103,127)(H,104,128)(H,105,121)(H,106,125)(H,107,126)(H,108,122)(H,109,124)(H4,94,95,97)/t51?,53-,60+,61+,62+,63+,64+,65+,66+,67?,68+,69+,70+,71+/m1/s1. The molecule has 732 valence electrons. The van der Waals surface area contributed by atoms with E-state index in [2.05, 4.69) is 68.1 Å². The van der Waals surface area contributed by atoms with E-state index in [-0.39, 0.29) is 108 Å². The molecule has 16 amide bonds. The van der Waals surface area contributed by atoms with E-state index in [4.69, 9.17) is 27.6 Å². The zero-order chi connectivity index (χ0) is 98.4. The number of carbonyl (C=O) groups is 17. The smallest absolute Gasteiger partial charge is 0.246 e. The minimum atomic E-state index is -1.82. The number of aromatic hydroxyl groups is 1. The predicted molar refractivity (Wildman–Crippen MR) is 501 cm³/mol. The van der Waals surface area contributed by atoms with E-state index >= 15 is 38.4 Å². The number of primary amides is 2. The number of hydrogen-bond donors (Lipinski definition) is 18. The van der Waals surface area contributed by atoms with Crippen LogP contribution in [0.2, 0.25) is 0 Å². The van der Waals surface area contributed by atoms with Crippen LogP contribution in [0.15, 0.2) is 91.5 Å². The normalized spacial score (nSPS) is 24.3. The van der Waals surface area contributed by atoms with Gasteiger partial charge in [-0.1, -0.05) is 95.8 Å². The van der Waals surface area contributed by atoms with Crippen LogP contribution in [0.5, 0.6) is 5.75 Å². The second-order valence-electron chi connectivity index (χ2n) is 34.8. The van der Waals surface area contributed by atoms with Gasteiger partial charge in [0.2, 0.25) is 94.5 Å². The van der Waals surface area contributed by atoms with E-state index in [1.807, 2.05) is 32.0 Å².